The maximum Gasteiger partial charge on any atom is 0.271 e. The number of hydrogen-bond acceptors (Lipinski definition) is 3. The Balaban J connectivity index is 2.56. The van der Waals surface area contributed by atoms with Gasteiger partial charge in [0.2, 0.25) is 0 Å². The van der Waals surface area contributed by atoms with E-state index in [0.29, 0.717) is 5.69 Å². The summed E-state index contributed by atoms with van der Waals surface area (Å²) in [7, 11) is 1.57. The molecule has 0 aliphatic carbocycles. The van der Waals surface area contributed by atoms with Crippen molar-refractivity contribution in [2.75, 3.05) is 7.05 Å². The molecule has 0 atom stereocenters. The number of fused-ring (bicyclic) bond motifs is 1. The van der Waals surface area contributed by atoms with Crippen LogP contribution < -0.4 is 5.32 Å². The van der Waals surface area contributed by atoms with Gasteiger partial charge < -0.3 is 5.32 Å². The van der Waals surface area contributed by atoms with Gasteiger partial charge in [-0.25, -0.2) is 0 Å². The van der Waals surface area contributed by atoms with Gasteiger partial charge in [0.25, 0.3) is 5.91 Å². The third-order valence-electron chi connectivity index (χ3n) is 1.71. The molecule has 0 aromatic carbocycles. The van der Waals surface area contributed by atoms with Crippen molar-refractivity contribution in [1.82, 2.24) is 20.1 Å². The molecule has 0 fully saturated rings. The van der Waals surface area contributed by atoms with E-state index in [1.807, 2.05) is 6.07 Å². The largest absolute Gasteiger partial charge is 0.354 e. The monoisotopic (exact) mass is 176 g/mol. The molecule has 2 rings (SSSR count). The second kappa shape index (κ2) is 2.85. The van der Waals surface area contributed by atoms with Gasteiger partial charge in [-0.3, -0.25) is 4.79 Å². The maximum absolute atomic E-state index is 11.2. The summed E-state index contributed by atoms with van der Waals surface area (Å²) in [4.78, 5) is 11.2. The first-order chi connectivity index (χ1) is 6.31. The fourth-order valence-corrected chi connectivity index (χ4v) is 1.08. The summed E-state index contributed by atoms with van der Waals surface area (Å²) in [5.74, 6) is -0.203. The zero-order chi connectivity index (χ0) is 9.26. The van der Waals surface area contributed by atoms with Crippen molar-refractivity contribution in [3.05, 3.63) is 30.1 Å². The molecule has 2 aromatic heterocycles. The number of nitrogens with one attached hydrogen (secondary N) is 1. The summed E-state index contributed by atoms with van der Waals surface area (Å²) >= 11 is 0. The Hall–Kier alpha value is -1.91. The number of amides is 1. The molecule has 0 bridgehead atoms. The van der Waals surface area contributed by atoms with Crippen molar-refractivity contribution < 1.29 is 4.79 Å². The van der Waals surface area contributed by atoms with Crippen molar-refractivity contribution in [1.29, 1.82) is 0 Å². The number of rotatable bonds is 1. The van der Waals surface area contributed by atoms with E-state index in [2.05, 4.69) is 15.5 Å². The molecule has 0 saturated carbocycles. The molecule has 0 aliphatic heterocycles. The van der Waals surface area contributed by atoms with Gasteiger partial charge in [0.05, 0.1) is 5.52 Å². The van der Waals surface area contributed by atoms with Crippen molar-refractivity contribution in [2.24, 2.45) is 0 Å². The van der Waals surface area contributed by atoms with Gasteiger partial charge in [0.1, 0.15) is 0 Å². The number of carbonyl (C=O) groups is 1. The average Bonchev–Trinajstić information content (AvgIpc) is 2.59. The zero-order valence-corrected chi connectivity index (χ0v) is 7.06. The van der Waals surface area contributed by atoms with Crippen LogP contribution in [0.4, 0.5) is 0 Å². The van der Waals surface area contributed by atoms with Crippen molar-refractivity contribution >= 4 is 11.4 Å². The standard InChI is InChI=1S/C8H8N4O/c1-9-8(13)7-5-6-3-2-4-10-12(6)11-7/h2-5H,1H3,(H,9,13). The van der Waals surface area contributed by atoms with Crippen LogP contribution in [0.15, 0.2) is 24.4 Å². The van der Waals surface area contributed by atoms with Gasteiger partial charge in [0.15, 0.2) is 5.69 Å². The Morgan fingerprint density at radius 2 is 2.46 bits per heavy atom. The third-order valence-corrected chi connectivity index (χ3v) is 1.71. The Morgan fingerprint density at radius 1 is 1.62 bits per heavy atom. The molecule has 13 heavy (non-hydrogen) atoms. The van der Waals surface area contributed by atoms with E-state index in [4.69, 9.17) is 0 Å². The smallest absolute Gasteiger partial charge is 0.271 e. The van der Waals surface area contributed by atoms with Crippen LogP contribution in [0.5, 0.6) is 0 Å². The van der Waals surface area contributed by atoms with Gasteiger partial charge in [-0.15, -0.1) is 5.10 Å². The molecule has 0 saturated heterocycles. The molecular formula is C8H8N4O. The van der Waals surface area contributed by atoms with E-state index in [1.54, 1.807) is 25.4 Å². The predicted octanol–water partition coefficient (Wildman–Crippen LogP) is 0.0889. The van der Waals surface area contributed by atoms with E-state index in [9.17, 15) is 4.79 Å². The number of aromatic nitrogens is 3. The first-order valence-electron chi connectivity index (χ1n) is 3.84. The molecule has 5 nitrogen and oxygen atoms in total. The van der Waals surface area contributed by atoms with E-state index >= 15 is 0 Å². The lowest BCUT2D eigenvalue weighted by Crippen LogP contribution is -2.18. The molecule has 1 amide bonds. The molecule has 0 unspecified atom stereocenters. The first kappa shape index (κ1) is 7.72. The highest BCUT2D eigenvalue weighted by Gasteiger charge is 2.07. The number of nitrogens with zero attached hydrogens (tertiary/aromatic N) is 3. The maximum atomic E-state index is 11.2. The zero-order valence-electron chi connectivity index (χ0n) is 7.06. The van der Waals surface area contributed by atoms with Crippen molar-refractivity contribution in [2.45, 2.75) is 0 Å². The fraction of sp³-hybridized carbons (Fsp3) is 0.125. The fourth-order valence-electron chi connectivity index (χ4n) is 1.08. The lowest BCUT2D eigenvalue weighted by atomic mass is 10.3. The number of hydrogen-bond donors (Lipinski definition) is 1. The minimum absolute atomic E-state index is 0.203. The van der Waals surface area contributed by atoms with Crippen LogP contribution in [0.3, 0.4) is 0 Å². The van der Waals surface area contributed by atoms with Crippen molar-refractivity contribution in [3.8, 4) is 0 Å². The van der Waals surface area contributed by atoms with E-state index in [1.165, 1.54) is 4.63 Å². The molecular weight excluding hydrogens is 168 g/mol. The van der Waals surface area contributed by atoms with Crippen LogP contribution in [0.25, 0.3) is 5.52 Å². The summed E-state index contributed by atoms with van der Waals surface area (Å²) in [5.41, 5.74) is 1.18. The Labute approximate surface area is 74.4 Å². The third kappa shape index (κ3) is 1.24. The molecule has 1 N–H and O–H groups in total. The lowest BCUT2D eigenvalue weighted by Gasteiger charge is -1.90. The van der Waals surface area contributed by atoms with Crippen LogP contribution in [0, 0.1) is 0 Å². The Morgan fingerprint density at radius 3 is 3.15 bits per heavy atom. The second-order valence-corrected chi connectivity index (χ2v) is 2.55. The molecule has 0 radical (unpaired) electrons. The van der Waals surface area contributed by atoms with Crippen LogP contribution in [-0.4, -0.2) is 27.8 Å². The molecule has 2 heterocycles. The molecule has 0 spiro atoms. The summed E-state index contributed by atoms with van der Waals surface area (Å²) in [6, 6.07) is 5.32. The van der Waals surface area contributed by atoms with E-state index < -0.39 is 0 Å². The molecule has 66 valence electrons. The van der Waals surface area contributed by atoms with E-state index in [-0.39, 0.29) is 5.91 Å². The van der Waals surface area contributed by atoms with Crippen LogP contribution in [0.2, 0.25) is 0 Å². The highest BCUT2D eigenvalue weighted by molar-refractivity contribution is 5.93. The predicted molar refractivity (Wildman–Crippen MR) is 46.4 cm³/mol. The summed E-state index contributed by atoms with van der Waals surface area (Å²) in [6.45, 7) is 0. The van der Waals surface area contributed by atoms with E-state index in [0.717, 1.165) is 5.52 Å². The summed E-state index contributed by atoms with van der Waals surface area (Å²) in [5, 5.41) is 10.4. The Bertz CT molecular complexity index is 415. The minimum Gasteiger partial charge on any atom is -0.354 e. The highest BCUT2D eigenvalue weighted by Crippen LogP contribution is 2.03. The summed E-state index contributed by atoms with van der Waals surface area (Å²) in [6.07, 6.45) is 1.62. The van der Waals surface area contributed by atoms with Gasteiger partial charge in [-0.1, -0.05) is 0 Å². The topological polar surface area (TPSA) is 59.3 Å². The second-order valence-electron chi connectivity index (χ2n) is 2.55. The first-order valence-corrected chi connectivity index (χ1v) is 3.84. The normalized spacial score (nSPS) is 10.2. The van der Waals surface area contributed by atoms with Crippen molar-refractivity contribution in [3.63, 3.8) is 0 Å². The lowest BCUT2D eigenvalue weighted by molar-refractivity contribution is 0.0957. The van der Waals surface area contributed by atoms with Crippen LogP contribution >= 0.6 is 0 Å². The average molecular weight is 176 g/mol. The van der Waals surface area contributed by atoms with Gasteiger partial charge in [-0.05, 0) is 18.2 Å². The quantitative estimate of drug-likeness (QED) is 0.669. The minimum atomic E-state index is -0.203. The van der Waals surface area contributed by atoms with Gasteiger partial charge in [-0.2, -0.15) is 9.73 Å². The van der Waals surface area contributed by atoms with Gasteiger partial charge in [0, 0.05) is 13.2 Å². The Kier molecular flexibility index (Phi) is 1.70. The molecule has 0 aliphatic rings. The summed E-state index contributed by atoms with van der Waals surface area (Å²) < 4.78 is 1.42. The van der Waals surface area contributed by atoms with Crippen LogP contribution in [-0.2, 0) is 0 Å². The van der Waals surface area contributed by atoms with Gasteiger partial charge >= 0.3 is 0 Å². The molecule has 2 aromatic rings. The number of carbonyl (C=O) groups excluding carboxylic acids is 1. The molecule has 5 heteroatoms. The SMILES string of the molecule is CNC(=O)c1cc2cccnn2n1. The van der Waals surface area contributed by atoms with Crippen LogP contribution in [0.1, 0.15) is 10.5 Å². The highest BCUT2D eigenvalue weighted by atomic mass is 16.1.